The highest BCUT2D eigenvalue weighted by Crippen LogP contribution is 2.54. The number of hydrogen-bond acceptors (Lipinski definition) is 8. The molecule has 1 aliphatic rings. The van der Waals surface area contributed by atoms with E-state index in [9.17, 15) is 9.59 Å². The van der Waals surface area contributed by atoms with Crippen LogP contribution in [0.2, 0.25) is 0 Å². The molecular weight excluding hydrogens is 525 g/mol. The van der Waals surface area contributed by atoms with E-state index in [1.807, 2.05) is 17.7 Å². The molecule has 1 fully saturated rings. The van der Waals surface area contributed by atoms with Gasteiger partial charge in [0.05, 0.1) is 21.5 Å². The van der Waals surface area contributed by atoms with Crippen LogP contribution in [0.15, 0.2) is 83.2 Å². The predicted molar refractivity (Wildman–Crippen MR) is 146 cm³/mol. The Morgan fingerprint density at radius 1 is 1.03 bits per heavy atom. The number of nitrogens with zero attached hydrogens (tertiary/aromatic N) is 1. The second-order valence-corrected chi connectivity index (χ2v) is 11.0. The number of rotatable bonds is 7. The summed E-state index contributed by atoms with van der Waals surface area (Å²) in [5.74, 6) is -1.27. The third kappa shape index (κ3) is 4.59. The fourth-order valence-corrected chi connectivity index (χ4v) is 6.57. The molecule has 4 atom stereocenters. The zero-order chi connectivity index (χ0) is 26.9. The molecule has 0 bridgehead atoms. The van der Waals surface area contributed by atoms with Gasteiger partial charge in [-0.1, -0.05) is 36.4 Å². The lowest BCUT2D eigenvalue weighted by Crippen LogP contribution is -2.49. The minimum Gasteiger partial charge on any atom is -0.459 e. The van der Waals surface area contributed by atoms with Crippen molar-refractivity contribution < 1.29 is 28.2 Å². The van der Waals surface area contributed by atoms with Gasteiger partial charge in [-0.05, 0) is 50.4 Å². The first-order valence-corrected chi connectivity index (χ1v) is 14.1. The van der Waals surface area contributed by atoms with Crippen LogP contribution in [0, 0.1) is 0 Å². The van der Waals surface area contributed by atoms with Crippen LogP contribution in [-0.4, -0.2) is 47.7 Å². The van der Waals surface area contributed by atoms with E-state index < -0.39 is 35.4 Å². The number of carbonyl (C=O) groups is 2. The fraction of sp³-hybridized carbons (Fsp3) is 0.276. The van der Waals surface area contributed by atoms with Crippen LogP contribution in [0.25, 0.3) is 10.9 Å². The van der Waals surface area contributed by atoms with Crippen LogP contribution in [-0.2, 0) is 19.8 Å². The first-order chi connectivity index (χ1) is 18.3. The SMILES string of the molecule is CSc1ccnc2c([C@]3(C)O[C@H](COC(=O)c4ccccc4)[C@@H](OC(=O)c4ccccc4)[C@@]3(C)F)scc12. The number of thiophene rings is 1. The Balaban J connectivity index is 1.50. The molecule has 0 spiro atoms. The molecule has 0 N–H and O–H groups in total. The maximum absolute atomic E-state index is 17.0. The number of fused-ring (bicyclic) bond motifs is 1. The van der Waals surface area contributed by atoms with Crippen LogP contribution >= 0.6 is 23.1 Å². The maximum atomic E-state index is 17.0. The summed E-state index contributed by atoms with van der Waals surface area (Å²) in [6.45, 7) is 2.69. The van der Waals surface area contributed by atoms with Crippen molar-refractivity contribution in [3.8, 4) is 0 Å². The van der Waals surface area contributed by atoms with Gasteiger partial charge in [-0.2, -0.15) is 0 Å². The van der Waals surface area contributed by atoms with Crippen molar-refractivity contribution in [2.24, 2.45) is 0 Å². The van der Waals surface area contributed by atoms with E-state index in [4.69, 9.17) is 14.2 Å². The number of esters is 2. The Bertz CT molecular complexity index is 1460. The van der Waals surface area contributed by atoms with Gasteiger partial charge < -0.3 is 14.2 Å². The molecule has 0 aliphatic carbocycles. The van der Waals surface area contributed by atoms with Gasteiger partial charge in [0.2, 0.25) is 0 Å². The van der Waals surface area contributed by atoms with Crippen molar-refractivity contribution in [3.05, 3.63) is 94.3 Å². The van der Waals surface area contributed by atoms with Gasteiger partial charge in [0.1, 0.15) is 18.3 Å². The molecule has 1 aliphatic heterocycles. The summed E-state index contributed by atoms with van der Waals surface area (Å²) < 4.78 is 34.6. The fourth-order valence-electron chi connectivity index (χ4n) is 4.70. The molecule has 2 aromatic carbocycles. The zero-order valence-electron chi connectivity index (χ0n) is 21.1. The summed E-state index contributed by atoms with van der Waals surface area (Å²) in [7, 11) is 0. The van der Waals surface area contributed by atoms with Crippen molar-refractivity contribution in [2.45, 2.75) is 42.2 Å². The van der Waals surface area contributed by atoms with Crippen LogP contribution in [0.5, 0.6) is 0 Å². The third-order valence-electron chi connectivity index (χ3n) is 6.94. The lowest BCUT2D eigenvalue weighted by atomic mass is 9.83. The number of halogens is 1. The molecule has 0 saturated carbocycles. The highest BCUT2D eigenvalue weighted by atomic mass is 32.2. The summed E-state index contributed by atoms with van der Waals surface area (Å²) in [5, 5.41) is 2.83. The smallest absolute Gasteiger partial charge is 0.338 e. The molecule has 5 rings (SSSR count). The Morgan fingerprint density at radius 2 is 1.66 bits per heavy atom. The molecule has 2 aromatic heterocycles. The van der Waals surface area contributed by atoms with Gasteiger partial charge >= 0.3 is 11.9 Å². The van der Waals surface area contributed by atoms with E-state index >= 15 is 4.39 Å². The van der Waals surface area contributed by atoms with Gasteiger partial charge in [-0.3, -0.25) is 4.98 Å². The summed E-state index contributed by atoms with van der Waals surface area (Å²) in [5.41, 5.74) is -2.45. The normalized spacial score (nSPS) is 24.8. The average Bonchev–Trinajstić information content (AvgIpc) is 3.46. The minimum absolute atomic E-state index is 0.282. The summed E-state index contributed by atoms with van der Waals surface area (Å²) in [6.07, 6.45) is 1.24. The molecule has 6 nitrogen and oxygen atoms in total. The van der Waals surface area contributed by atoms with Gasteiger partial charge in [-0.25, -0.2) is 14.0 Å². The molecule has 0 unspecified atom stereocenters. The van der Waals surface area contributed by atoms with Crippen LogP contribution < -0.4 is 0 Å². The minimum atomic E-state index is -2.18. The number of benzene rings is 2. The number of pyridine rings is 1. The number of carbonyl (C=O) groups excluding carboxylic acids is 2. The standard InChI is InChI=1S/C29H26FNO5S2/c1-28(30)24(35-27(33)19-12-8-5-9-13-19)21(16-34-26(32)18-10-6-4-7-11-18)36-29(28,2)25-23-20(17-38-25)22(37-3)14-15-31-23/h4-15,17,21,24H,16H2,1-3H3/t21-,24-,28-,29+/m1/s1. The monoisotopic (exact) mass is 551 g/mol. The van der Waals surface area contributed by atoms with E-state index in [2.05, 4.69) is 4.98 Å². The molecule has 1 saturated heterocycles. The Morgan fingerprint density at radius 3 is 2.29 bits per heavy atom. The van der Waals surface area contributed by atoms with E-state index in [0.29, 0.717) is 16.0 Å². The Hall–Kier alpha value is -3.27. The van der Waals surface area contributed by atoms with E-state index in [1.165, 1.54) is 18.3 Å². The summed E-state index contributed by atoms with van der Waals surface area (Å²) in [6, 6.07) is 18.8. The summed E-state index contributed by atoms with van der Waals surface area (Å²) in [4.78, 5) is 31.8. The number of thioether (sulfide) groups is 1. The van der Waals surface area contributed by atoms with Gasteiger partial charge in [0.15, 0.2) is 11.8 Å². The van der Waals surface area contributed by atoms with Crippen molar-refractivity contribution in [2.75, 3.05) is 12.9 Å². The Labute approximate surface area is 228 Å². The van der Waals surface area contributed by atoms with Crippen LogP contribution in [0.3, 0.4) is 0 Å². The topological polar surface area (TPSA) is 74.7 Å². The van der Waals surface area contributed by atoms with Crippen molar-refractivity contribution in [3.63, 3.8) is 0 Å². The highest BCUT2D eigenvalue weighted by molar-refractivity contribution is 7.98. The van der Waals surface area contributed by atoms with Gasteiger partial charge in [-0.15, -0.1) is 23.1 Å². The molecule has 4 aromatic rings. The third-order valence-corrected chi connectivity index (χ3v) is 8.90. The summed E-state index contributed by atoms with van der Waals surface area (Å²) >= 11 is 2.92. The molecule has 0 amide bonds. The van der Waals surface area contributed by atoms with Crippen LogP contribution in [0.4, 0.5) is 4.39 Å². The van der Waals surface area contributed by atoms with Gasteiger partial charge in [0.25, 0.3) is 0 Å². The predicted octanol–water partition coefficient (Wildman–Crippen LogP) is 6.44. The molecule has 9 heteroatoms. The highest BCUT2D eigenvalue weighted by Gasteiger charge is 2.66. The van der Waals surface area contributed by atoms with E-state index in [0.717, 1.165) is 10.3 Å². The molecule has 38 heavy (non-hydrogen) atoms. The first-order valence-electron chi connectivity index (χ1n) is 12.0. The van der Waals surface area contributed by atoms with Crippen LogP contribution in [0.1, 0.15) is 39.4 Å². The molecule has 196 valence electrons. The second kappa shape index (κ2) is 10.5. The largest absolute Gasteiger partial charge is 0.459 e. The lowest BCUT2D eigenvalue weighted by Gasteiger charge is -2.34. The quantitative estimate of drug-likeness (QED) is 0.193. The Kier molecular flexibility index (Phi) is 7.26. The number of hydrogen-bond donors (Lipinski definition) is 0. The number of alkyl halides is 1. The second-order valence-electron chi connectivity index (χ2n) is 9.26. The molecular formula is C29H26FNO5S2. The van der Waals surface area contributed by atoms with Crippen molar-refractivity contribution in [1.82, 2.24) is 4.98 Å². The van der Waals surface area contributed by atoms with E-state index in [-0.39, 0.29) is 12.2 Å². The average molecular weight is 552 g/mol. The first kappa shape index (κ1) is 26.3. The van der Waals surface area contributed by atoms with E-state index in [1.54, 1.807) is 85.5 Å². The van der Waals surface area contributed by atoms with Crippen molar-refractivity contribution in [1.29, 1.82) is 0 Å². The molecule has 0 radical (unpaired) electrons. The number of ether oxygens (including phenoxy) is 3. The number of aromatic nitrogens is 1. The van der Waals surface area contributed by atoms with Crippen molar-refractivity contribution >= 4 is 45.9 Å². The molecule has 3 heterocycles. The zero-order valence-corrected chi connectivity index (χ0v) is 22.7. The van der Waals surface area contributed by atoms with Gasteiger partial charge in [0, 0.05) is 21.9 Å². The lowest BCUT2D eigenvalue weighted by molar-refractivity contribution is -0.0940. The maximum Gasteiger partial charge on any atom is 0.338 e.